The molecule has 7 nitrogen and oxygen atoms in total. The van der Waals surface area contributed by atoms with Gasteiger partial charge in [-0.05, 0) is 37.0 Å². The van der Waals surface area contributed by atoms with Gasteiger partial charge < -0.3 is 10.1 Å². The van der Waals surface area contributed by atoms with Gasteiger partial charge in [0.2, 0.25) is 10.0 Å². The quantitative estimate of drug-likeness (QED) is 0.628. The lowest BCUT2D eigenvalue weighted by molar-refractivity contribution is -0.148. The Labute approximate surface area is 162 Å². The van der Waals surface area contributed by atoms with E-state index in [0.29, 0.717) is 18.1 Å². The van der Waals surface area contributed by atoms with Crippen molar-refractivity contribution >= 4 is 21.9 Å². The highest BCUT2D eigenvalue weighted by Crippen LogP contribution is 2.23. The second-order valence-electron chi connectivity index (χ2n) is 6.82. The second kappa shape index (κ2) is 9.92. The highest BCUT2D eigenvalue weighted by molar-refractivity contribution is 7.89. The highest BCUT2D eigenvalue weighted by atomic mass is 32.2. The maximum absolute atomic E-state index is 13.1. The summed E-state index contributed by atoms with van der Waals surface area (Å²) in [5.74, 6) is -3.22. The number of carbonyl (C=O) groups is 2. The van der Waals surface area contributed by atoms with E-state index in [4.69, 9.17) is 4.74 Å². The van der Waals surface area contributed by atoms with Gasteiger partial charge in [0.05, 0.1) is 11.3 Å². The van der Waals surface area contributed by atoms with Crippen LogP contribution in [0, 0.1) is 17.6 Å². The molecular formula is C18H24F2N2O5S. The van der Waals surface area contributed by atoms with Gasteiger partial charge in [-0.1, -0.05) is 19.8 Å². The fourth-order valence-electron chi connectivity index (χ4n) is 3.01. The molecule has 0 unspecified atom stereocenters. The first-order valence-corrected chi connectivity index (χ1v) is 10.6. The minimum absolute atomic E-state index is 0.0721. The molecule has 1 aromatic rings. The summed E-state index contributed by atoms with van der Waals surface area (Å²) in [6, 6.07) is 2.23. The van der Waals surface area contributed by atoms with Crippen molar-refractivity contribution < 1.29 is 31.5 Å². The van der Waals surface area contributed by atoms with Crippen molar-refractivity contribution in [3.05, 3.63) is 29.8 Å². The first-order valence-electron chi connectivity index (χ1n) is 9.09. The standard InChI is InChI=1S/C18H24F2N2O5S/c1-12-4-2-3-5-16(12)22-17(23)11-27-18(24)8-9-21-28(25,26)13-6-7-14(19)15(20)10-13/h6-7,10,12,16,21H,2-5,8-9,11H2,1H3,(H,22,23)/t12-,16-/m1/s1. The second-order valence-corrected chi connectivity index (χ2v) is 8.59. The maximum Gasteiger partial charge on any atom is 0.307 e. The molecule has 0 bridgehead atoms. The number of nitrogens with one attached hydrogen (secondary N) is 2. The van der Waals surface area contributed by atoms with Gasteiger partial charge in [-0.25, -0.2) is 21.9 Å². The van der Waals surface area contributed by atoms with E-state index >= 15 is 0 Å². The third kappa shape index (κ3) is 6.52. The molecule has 156 valence electrons. The van der Waals surface area contributed by atoms with Gasteiger partial charge >= 0.3 is 5.97 Å². The summed E-state index contributed by atoms with van der Waals surface area (Å²) >= 11 is 0. The molecule has 2 N–H and O–H groups in total. The van der Waals surface area contributed by atoms with Crippen molar-refractivity contribution in [3.63, 3.8) is 0 Å². The third-order valence-electron chi connectivity index (χ3n) is 4.64. The number of esters is 1. The van der Waals surface area contributed by atoms with Crippen LogP contribution >= 0.6 is 0 Å². The predicted octanol–water partition coefficient (Wildman–Crippen LogP) is 1.87. The maximum atomic E-state index is 13.1. The molecule has 2 rings (SSSR count). The summed E-state index contributed by atoms with van der Waals surface area (Å²) < 4.78 is 56.9. The molecule has 0 radical (unpaired) electrons. The van der Waals surface area contributed by atoms with E-state index in [1.54, 1.807) is 0 Å². The van der Waals surface area contributed by atoms with Gasteiger partial charge in [0.25, 0.3) is 5.91 Å². The van der Waals surface area contributed by atoms with E-state index in [0.717, 1.165) is 31.7 Å². The normalized spacial score (nSPS) is 19.8. The number of amides is 1. The van der Waals surface area contributed by atoms with Crippen LogP contribution in [0.4, 0.5) is 8.78 Å². The molecule has 1 aliphatic rings. The number of carbonyl (C=O) groups excluding carboxylic acids is 2. The van der Waals surface area contributed by atoms with Gasteiger partial charge in [0.15, 0.2) is 18.2 Å². The predicted molar refractivity (Wildman–Crippen MR) is 96.7 cm³/mol. The molecule has 1 aromatic carbocycles. The van der Waals surface area contributed by atoms with E-state index in [2.05, 4.69) is 17.0 Å². The number of hydrogen-bond acceptors (Lipinski definition) is 5. The Morgan fingerprint density at radius 3 is 2.57 bits per heavy atom. The van der Waals surface area contributed by atoms with Crippen molar-refractivity contribution in [1.29, 1.82) is 0 Å². The van der Waals surface area contributed by atoms with Crippen LogP contribution in [0.1, 0.15) is 39.0 Å². The molecule has 10 heteroatoms. The molecule has 28 heavy (non-hydrogen) atoms. The summed E-state index contributed by atoms with van der Waals surface area (Å²) in [7, 11) is -4.10. The molecule has 0 aromatic heterocycles. The van der Waals surface area contributed by atoms with Gasteiger partial charge in [-0.15, -0.1) is 0 Å². The van der Waals surface area contributed by atoms with Crippen LogP contribution in [0.15, 0.2) is 23.1 Å². The summed E-state index contributed by atoms with van der Waals surface area (Å²) in [6.07, 6.45) is 3.82. The molecule has 0 aliphatic heterocycles. The first-order chi connectivity index (χ1) is 13.2. The van der Waals surface area contributed by atoms with Gasteiger partial charge in [0.1, 0.15) is 0 Å². The van der Waals surface area contributed by atoms with E-state index in [-0.39, 0.29) is 19.0 Å². The summed E-state index contributed by atoms with van der Waals surface area (Å²) in [5, 5.41) is 2.84. The van der Waals surface area contributed by atoms with Crippen LogP contribution in [0.25, 0.3) is 0 Å². The van der Waals surface area contributed by atoms with Crippen molar-refractivity contribution in [1.82, 2.24) is 10.0 Å². The fourth-order valence-corrected chi connectivity index (χ4v) is 4.06. The van der Waals surface area contributed by atoms with Crippen LogP contribution in [0.5, 0.6) is 0 Å². The molecule has 0 saturated heterocycles. The summed E-state index contributed by atoms with van der Waals surface area (Å²) in [6.45, 7) is 1.33. The Hall–Kier alpha value is -2.07. The number of ether oxygens (including phenoxy) is 1. The van der Waals surface area contributed by atoms with Crippen molar-refractivity contribution in [2.45, 2.75) is 50.0 Å². The zero-order chi connectivity index (χ0) is 20.7. The molecule has 1 amide bonds. The monoisotopic (exact) mass is 418 g/mol. The fraction of sp³-hybridized carbons (Fsp3) is 0.556. The molecule has 1 aliphatic carbocycles. The largest absolute Gasteiger partial charge is 0.456 e. The molecule has 1 fully saturated rings. The third-order valence-corrected chi connectivity index (χ3v) is 6.10. The van der Waals surface area contributed by atoms with E-state index in [1.165, 1.54) is 0 Å². The van der Waals surface area contributed by atoms with Crippen LogP contribution in [-0.4, -0.2) is 39.5 Å². The van der Waals surface area contributed by atoms with Crippen molar-refractivity contribution in [2.75, 3.05) is 13.2 Å². The van der Waals surface area contributed by atoms with Gasteiger partial charge in [0, 0.05) is 12.6 Å². The molecular weight excluding hydrogens is 394 g/mol. The lowest BCUT2D eigenvalue weighted by Gasteiger charge is -2.29. The Morgan fingerprint density at radius 1 is 1.18 bits per heavy atom. The van der Waals surface area contributed by atoms with Gasteiger partial charge in [-0.3, -0.25) is 9.59 Å². The smallest absolute Gasteiger partial charge is 0.307 e. The number of hydrogen-bond donors (Lipinski definition) is 2. The number of sulfonamides is 1. The molecule has 2 atom stereocenters. The van der Waals surface area contributed by atoms with Crippen molar-refractivity contribution in [2.24, 2.45) is 5.92 Å². The van der Waals surface area contributed by atoms with Crippen LogP contribution < -0.4 is 10.0 Å². The summed E-state index contributed by atoms with van der Waals surface area (Å²) in [5.41, 5.74) is 0. The van der Waals surface area contributed by atoms with Crippen LogP contribution in [-0.2, 0) is 24.3 Å². The Bertz CT molecular complexity index is 816. The molecule has 0 heterocycles. The lowest BCUT2D eigenvalue weighted by atomic mass is 9.86. The molecule has 0 spiro atoms. The minimum atomic E-state index is -4.10. The van der Waals surface area contributed by atoms with Gasteiger partial charge in [-0.2, -0.15) is 0 Å². The topological polar surface area (TPSA) is 102 Å². The Kier molecular flexibility index (Phi) is 7.88. The first kappa shape index (κ1) is 22.2. The van der Waals surface area contributed by atoms with Crippen LogP contribution in [0.2, 0.25) is 0 Å². The average Bonchev–Trinajstić information content (AvgIpc) is 2.64. The number of rotatable bonds is 8. The Balaban J connectivity index is 1.71. The van der Waals surface area contributed by atoms with Crippen molar-refractivity contribution in [3.8, 4) is 0 Å². The van der Waals surface area contributed by atoms with E-state index in [9.17, 15) is 26.8 Å². The van der Waals surface area contributed by atoms with E-state index < -0.39 is 45.0 Å². The summed E-state index contributed by atoms with van der Waals surface area (Å²) in [4.78, 5) is 23.1. The SMILES string of the molecule is C[C@@H]1CCCC[C@H]1NC(=O)COC(=O)CCNS(=O)(=O)c1ccc(F)c(F)c1. The highest BCUT2D eigenvalue weighted by Gasteiger charge is 2.23. The molecule has 1 saturated carbocycles. The Morgan fingerprint density at radius 2 is 1.89 bits per heavy atom. The van der Waals surface area contributed by atoms with E-state index in [1.807, 2.05) is 0 Å². The zero-order valence-corrected chi connectivity index (χ0v) is 16.4. The number of benzene rings is 1. The number of halogens is 2. The minimum Gasteiger partial charge on any atom is -0.456 e. The van der Waals surface area contributed by atoms with Crippen LogP contribution in [0.3, 0.4) is 0 Å². The lowest BCUT2D eigenvalue weighted by Crippen LogP contribution is -2.43. The average molecular weight is 418 g/mol. The zero-order valence-electron chi connectivity index (χ0n) is 15.5.